The summed E-state index contributed by atoms with van der Waals surface area (Å²) in [5, 5.41) is 16.4. The first-order valence-corrected chi connectivity index (χ1v) is 9.66. The van der Waals surface area contributed by atoms with Crippen molar-refractivity contribution in [2.75, 3.05) is 6.61 Å². The van der Waals surface area contributed by atoms with E-state index in [1.165, 1.54) is 16.0 Å². The summed E-state index contributed by atoms with van der Waals surface area (Å²) >= 11 is 7.50. The minimum Gasteiger partial charge on any atom is -0.394 e. The van der Waals surface area contributed by atoms with Gasteiger partial charge in [0.05, 0.1) is 27.2 Å². The van der Waals surface area contributed by atoms with Gasteiger partial charge in [0.1, 0.15) is 17.9 Å². The minimum atomic E-state index is -0.351. The zero-order valence-electron chi connectivity index (χ0n) is 14.8. The molecule has 0 radical (unpaired) electrons. The third-order valence-corrected chi connectivity index (χ3v) is 5.45. The van der Waals surface area contributed by atoms with E-state index >= 15 is 0 Å². The molecule has 0 aliphatic carbocycles. The Labute approximate surface area is 159 Å². The Morgan fingerprint density at radius 3 is 2.73 bits per heavy atom. The Bertz CT molecular complexity index is 1020. The van der Waals surface area contributed by atoms with Crippen molar-refractivity contribution < 1.29 is 9.90 Å². The van der Waals surface area contributed by atoms with Gasteiger partial charge < -0.3 is 10.4 Å². The van der Waals surface area contributed by atoms with Gasteiger partial charge in [0.15, 0.2) is 0 Å². The molecule has 0 fully saturated rings. The van der Waals surface area contributed by atoms with Crippen molar-refractivity contribution in [2.45, 2.75) is 45.7 Å². The largest absolute Gasteiger partial charge is 0.394 e. The maximum absolute atomic E-state index is 12.8. The van der Waals surface area contributed by atoms with Crippen molar-refractivity contribution in [3.8, 4) is 0 Å². The third kappa shape index (κ3) is 3.36. The summed E-state index contributed by atoms with van der Waals surface area (Å²) in [6.45, 7) is 5.50. The van der Waals surface area contributed by atoms with E-state index in [4.69, 9.17) is 11.6 Å². The van der Waals surface area contributed by atoms with Crippen LogP contribution >= 0.6 is 22.9 Å². The van der Waals surface area contributed by atoms with Crippen molar-refractivity contribution >= 4 is 44.6 Å². The molecule has 0 saturated heterocycles. The highest BCUT2D eigenvalue weighted by molar-refractivity contribution is 7.22. The van der Waals surface area contributed by atoms with Gasteiger partial charge in [0.2, 0.25) is 5.91 Å². The van der Waals surface area contributed by atoms with Crippen LogP contribution in [-0.2, 0) is 11.3 Å². The van der Waals surface area contributed by atoms with Gasteiger partial charge in [0.25, 0.3) is 5.56 Å². The van der Waals surface area contributed by atoms with Crippen LogP contribution in [0.5, 0.6) is 0 Å². The Kier molecular flexibility index (Phi) is 5.36. The normalized spacial score (nSPS) is 13.0. The topological polar surface area (TPSA) is 88.6 Å². The second-order valence-corrected chi connectivity index (χ2v) is 8.21. The van der Waals surface area contributed by atoms with Gasteiger partial charge in [-0.2, -0.15) is 5.10 Å². The Morgan fingerprint density at radius 1 is 1.38 bits per heavy atom. The lowest BCUT2D eigenvalue weighted by Crippen LogP contribution is -2.41. The van der Waals surface area contributed by atoms with Crippen molar-refractivity contribution in [3.05, 3.63) is 32.6 Å². The Morgan fingerprint density at radius 2 is 2.12 bits per heavy atom. The number of carbonyl (C=O) groups is 1. The highest BCUT2D eigenvalue weighted by Gasteiger charge is 2.19. The molecule has 26 heavy (non-hydrogen) atoms. The summed E-state index contributed by atoms with van der Waals surface area (Å²) in [5.41, 5.74) is 0.996. The first-order chi connectivity index (χ1) is 12.3. The summed E-state index contributed by atoms with van der Waals surface area (Å²) in [6, 6.07) is 3.29. The SMILES string of the molecule is CC[C@H](CO)NC(=O)Cn1nc(C(C)C)n2c(cc3sc(Cl)cc32)c1=O. The van der Waals surface area contributed by atoms with E-state index in [2.05, 4.69) is 10.4 Å². The molecule has 7 nitrogen and oxygen atoms in total. The average molecular weight is 397 g/mol. The van der Waals surface area contributed by atoms with Crippen LogP contribution in [-0.4, -0.2) is 37.8 Å². The lowest BCUT2D eigenvalue weighted by molar-refractivity contribution is -0.123. The molecule has 3 aromatic heterocycles. The van der Waals surface area contributed by atoms with Crippen LogP contribution in [0, 0.1) is 0 Å². The van der Waals surface area contributed by atoms with E-state index in [1.54, 1.807) is 6.07 Å². The molecule has 1 amide bonds. The van der Waals surface area contributed by atoms with Crippen LogP contribution < -0.4 is 10.9 Å². The number of fused-ring (bicyclic) bond motifs is 3. The number of nitrogens with zero attached hydrogens (tertiary/aromatic N) is 3. The molecule has 0 aliphatic rings. The van der Waals surface area contributed by atoms with Gasteiger partial charge in [-0.25, -0.2) is 4.68 Å². The smallest absolute Gasteiger partial charge is 0.291 e. The summed E-state index contributed by atoms with van der Waals surface area (Å²) in [6.07, 6.45) is 0.608. The van der Waals surface area contributed by atoms with Gasteiger partial charge in [-0.05, 0) is 18.6 Å². The molecule has 3 heterocycles. The molecule has 0 saturated carbocycles. The first kappa shape index (κ1) is 18.9. The number of hydrogen-bond donors (Lipinski definition) is 2. The highest BCUT2D eigenvalue weighted by Crippen LogP contribution is 2.32. The van der Waals surface area contributed by atoms with E-state index < -0.39 is 0 Å². The van der Waals surface area contributed by atoms with E-state index in [9.17, 15) is 14.7 Å². The molecule has 0 unspecified atom stereocenters. The molecule has 0 spiro atoms. The van der Waals surface area contributed by atoms with Crippen molar-refractivity contribution in [1.29, 1.82) is 0 Å². The second kappa shape index (κ2) is 7.38. The molecular weight excluding hydrogens is 376 g/mol. The Balaban J connectivity index is 2.08. The number of nitrogens with one attached hydrogen (secondary N) is 1. The summed E-state index contributed by atoms with van der Waals surface area (Å²) < 4.78 is 4.57. The van der Waals surface area contributed by atoms with Crippen LogP contribution in [0.4, 0.5) is 0 Å². The number of hydrogen-bond acceptors (Lipinski definition) is 5. The van der Waals surface area contributed by atoms with Gasteiger partial charge >= 0.3 is 0 Å². The van der Waals surface area contributed by atoms with Gasteiger partial charge in [-0.3, -0.25) is 14.0 Å². The van der Waals surface area contributed by atoms with Crippen LogP contribution in [0.1, 0.15) is 38.9 Å². The van der Waals surface area contributed by atoms with Crippen molar-refractivity contribution in [1.82, 2.24) is 19.5 Å². The maximum atomic E-state index is 12.8. The predicted octanol–water partition coefficient (Wildman–Crippen LogP) is 2.37. The zero-order chi connectivity index (χ0) is 19.0. The van der Waals surface area contributed by atoms with Gasteiger partial charge in [-0.15, -0.1) is 11.3 Å². The number of aromatic nitrogens is 3. The van der Waals surface area contributed by atoms with E-state index in [1.807, 2.05) is 31.2 Å². The summed E-state index contributed by atoms with van der Waals surface area (Å²) in [4.78, 5) is 25.1. The molecule has 0 aromatic carbocycles. The fourth-order valence-electron chi connectivity index (χ4n) is 2.88. The molecular formula is C17H21ClN4O3S. The molecule has 1 atom stereocenters. The number of halogens is 1. The summed E-state index contributed by atoms with van der Waals surface area (Å²) in [7, 11) is 0. The monoisotopic (exact) mass is 396 g/mol. The van der Waals surface area contributed by atoms with Gasteiger partial charge in [0, 0.05) is 5.92 Å². The fourth-order valence-corrected chi connectivity index (χ4v) is 4.04. The fraction of sp³-hybridized carbons (Fsp3) is 0.471. The number of rotatable bonds is 6. The Hall–Kier alpha value is -1.90. The van der Waals surface area contributed by atoms with Gasteiger partial charge in [-0.1, -0.05) is 32.4 Å². The number of thiophene rings is 1. The second-order valence-electron chi connectivity index (χ2n) is 6.50. The minimum absolute atomic E-state index is 0.0440. The number of aliphatic hydroxyl groups excluding tert-OH is 1. The number of carbonyl (C=O) groups excluding carboxylic acids is 1. The predicted molar refractivity (Wildman–Crippen MR) is 103 cm³/mol. The quantitative estimate of drug-likeness (QED) is 0.669. The van der Waals surface area contributed by atoms with Crippen molar-refractivity contribution in [2.24, 2.45) is 0 Å². The number of aliphatic hydroxyl groups is 1. The van der Waals surface area contributed by atoms with Crippen LogP contribution in [0.2, 0.25) is 4.34 Å². The van der Waals surface area contributed by atoms with Crippen LogP contribution in [0.3, 0.4) is 0 Å². The standard InChI is InChI=1S/C17H21ClN4O3S/c1-4-10(8-23)19-15(24)7-21-17(25)12-5-13-11(6-14(18)26-13)22(12)16(20-21)9(2)3/h5-6,9-10,23H,4,7-8H2,1-3H3,(H,19,24)/t10-/m1/s1. The molecule has 3 rings (SSSR count). The first-order valence-electron chi connectivity index (χ1n) is 8.47. The molecule has 0 aliphatic heterocycles. The maximum Gasteiger partial charge on any atom is 0.291 e. The summed E-state index contributed by atoms with van der Waals surface area (Å²) in [5.74, 6) is 0.379. The molecule has 0 bridgehead atoms. The molecule has 3 aromatic rings. The van der Waals surface area contributed by atoms with Crippen LogP contribution in [0.15, 0.2) is 16.9 Å². The van der Waals surface area contributed by atoms with E-state index in [0.29, 0.717) is 22.1 Å². The zero-order valence-corrected chi connectivity index (χ0v) is 16.4. The van der Waals surface area contributed by atoms with Crippen molar-refractivity contribution in [3.63, 3.8) is 0 Å². The van der Waals surface area contributed by atoms with E-state index in [-0.39, 0.29) is 36.6 Å². The van der Waals surface area contributed by atoms with E-state index in [0.717, 1.165) is 10.2 Å². The van der Waals surface area contributed by atoms with Crippen LogP contribution in [0.25, 0.3) is 15.7 Å². The third-order valence-electron chi connectivity index (χ3n) is 4.25. The highest BCUT2D eigenvalue weighted by atomic mass is 35.5. The lowest BCUT2D eigenvalue weighted by Gasteiger charge is -2.16. The number of amides is 1. The lowest BCUT2D eigenvalue weighted by atomic mass is 10.2. The average Bonchev–Trinajstić information content (AvgIpc) is 3.11. The molecule has 2 N–H and O–H groups in total. The molecule has 9 heteroatoms. The molecule has 140 valence electrons.